The summed E-state index contributed by atoms with van der Waals surface area (Å²) in [6.07, 6.45) is 0.704. The Morgan fingerprint density at radius 1 is 1.32 bits per heavy atom. The van der Waals surface area contributed by atoms with Crippen molar-refractivity contribution < 1.29 is 24.3 Å². The Morgan fingerprint density at radius 3 is 2.84 bits per heavy atom. The van der Waals surface area contributed by atoms with Crippen LogP contribution in [0.3, 0.4) is 0 Å². The average molecular weight is 340 g/mol. The van der Waals surface area contributed by atoms with Gasteiger partial charge in [0.15, 0.2) is 0 Å². The van der Waals surface area contributed by atoms with E-state index in [1.807, 2.05) is 0 Å². The molecule has 0 radical (unpaired) electrons. The number of carbonyl (C=O) groups is 4. The zero-order chi connectivity index (χ0) is 18.0. The van der Waals surface area contributed by atoms with Crippen molar-refractivity contribution in [2.24, 2.45) is 0 Å². The molecule has 2 N–H and O–H groups in total. The van der Waals surface area contributed by atoms with Crippen molar-refractivity contribution in [3.8, 4) is 11.8 Å². The Kier molecular flexibility index (Phi) is 4.52. The van der Waals surface area contributed by atoms with Crippen LogP contribution in [0.1, 0.15) is 47.2 Å². The summed E-state index contributed by atoms with van der Waals surface area (Å²) in [6, 6.07) is 4.51. The van der Waals surface area contributed by atoms with Crippen LogP contribution in [0.25, 0.3) is 0 Å². The normalized spacial score (nSPS) is 19.1. The smallest absolute Gasteiger partial charge is 0.304 e. The van der Waals surface area contributed by atoms with E-state index in [4.69, 9.17) is 5.11 Å². The number of benzene rings is 1. The molecule has 128 valence electrons. The molecule has 3 rings (SSSR count). The maximum absolute atomic E-state index is 12.6. The number of hydrogen-bond donors (Lipinski definition) is 2. The highest BCUT2D eigenvalue weighted by atomic mass is 16.4. The van der Waals surface area contributed by atoms with Gasteiger partial charge < -0.3 is 10.0 Å². The van der Waals surface area contributed by atoms with Crippen molar-refractivity contribution in [1.82, 2.24) is 10.2 Å². The lowest BCUT2D eigenvalue weighted by molar-refractivity contribution is -0.138. The number of rotatable bonds is 3. The Morgan fingerprint density at radius 2 is 2.12 bits per heavy atom. The molecule has 0 aliphatic carbocycles. The van der Waals surface area contributed by atoms with Gasteiger partial charge in [0, 0.05) is 30.5 Å². The van der Waals surface area contributed by atoms with Gasteiger partial charge in [0.2, 0.25) is 11.8 Å². The van der Waals surface area contributed by atoms with Crippen LogP contribution in [-0.4, -0.2) is 39.7 Å². The standard InChI is InChI=1S/C18H16N2O5/c21-15-9-8-14(17(24)19-15)20-10-13-11(4-1-2-7-16(22)23)5-3-6-12(13)18(20)25/h3,5-6,14H,2,7-10H2,(H,22,23)(H,19,21,24). The van der Waals surface area contributed by atoms with E-state index in [9.17, 15) is 19.2 Å². The number of hydrogen-bond acceptors (Lipinski definition) is 4. The summed E-state index contributed by atoms with van der Waals surface area (Å²) in [6.45, 7) is 0.254. The number of nitrogens with zero attached hydrogens (tertiary/aromatic N) is 1. The minimum absolute atomic E-state index is 0.0383. The predicted octanol–water partition coefficient (Wildman–Crippen LogP) is 0.664. The molecule has 0 saturated carbocycles. The van der Waals surface area contributed by atoms with Gasteiger partial charge in [-0.15, -0.1) is 0 Å². The van der Waals surface area contributed by atoms with Crippen molar-refractivity contribution in [2.75, 3.05) is 0 Å². The van der Waals surface area contributed by atoms with Crippen molar-refractivity contribution >= 4 is 23.7 Å². The third-order valence-electron chi connectivity index (χ3n) is 4.27. The fourth-order valence-electron chi connectivity index (χ4n) is 3.03. The fraction of sp³-hybridized carbons (Fsp3) is 0.333. The molecular weight excluding hydrogens is 324 g/mol. The van der Waals surface area contributed by atoms with Crippen LogP contribution < -0.4 is 5.32 Å². The zero-order valence-corrected chi connectivity index (χ0v) is 13.4. The van der Waals surface area contributed by atoms with Crippen molar-refractivity contribution in [3.05, 3.63) is 34.9 Å². The number of imide groups is 1. The second-order valence-corrected chi connectivity index (χ2v) is 5.93. The molecule has 1 aromatic carbocycles. The number of amides is 3. The first-order chi connectivity index (χ1) is 12.0. The van der Waals surface area contributed by atoms with Gasteiger partial charge in [-0.25, -0.2) is 0 Å². The van der Waals surface area contributed by atoms with Crippen LogP contribution in [0.4, 0.5) is 0 Å². The SMILES string of the molecule is O=C(O)CCC#Cc1cccc2c1CN(C1CCC(=O)NC1=O)C2=O. The molecule has 1 fully saturated rings. The van der Waals surface area contributed by atoms with Crippen LogP contribution in [0.15, 0.2) is 18.2 Å². The van der Waals surface area contributed by atoms with Crippen LogP contribution in [0, 0.1) is 11.8 Å². The Labute approximate surface area is 144 Å². The summed E-state index contributed by atoms with van der Waals surface area (Å²) >= 11 is 0. The Bertz CT molecular complexity index is 834. The topological polar surface area (TPSA) is 104 Å². The van der Waals surface area contributed by atoms with Crippen LogP contribution in [0.2, 0.25) is 0 Å². The number of aliphatic carboxylic acids is 1. The number of fused-ring (bicyclic) bond motifs is 1. The van der Waals surface area contributed by atoms with Crippen molar-refractivity contribution in [3.63, 3.8) is 0 Å². The maximum atomic E-state index is 12.6. The molecule has 1 unspecified atom stereocenters. The van der Waals surface area contributed by atoms with Gasteiger partial charge >= 0.3 is 5.97 Å². The van der Waals surface area contributed by atoms with Crippen LogP contribution in [-0.2, 0) is 20.9 Å². The number of piperidine rings is 1. The van der Waals surface area contributed by atoms with E-state index in [0.717, 1.165) is 5.56 Å². The summed E-state index contributed by atoms with van der Waals surface area (Å²) in [4.78, 5) is 48.0. The van der Waals surface area contributed by atoms with Gasteiger partial charge in [0.25, 0.3) is 5.91 Å². The lowest BCUT2D eigenvalue weighted by Gasteiger charge is -2.29. The predicted molar refractivity (Wildman–Crippen MR) is 86.2 cm³/mol. The second-order valence-electron chi connectivity index (χ2n) is 5.93. The van der Waals surface area contributed by atoms with E-state index in [-0.39, 0.29) is 37.6 Å². The van der Waals surface area contributed by atoms with Gasteiger partial charge in [0.1, 0.15) is 6.04 Å². The molecule has 2 aliphatic rings. The lowest BCUT2D eigenvalue weighted by atomic mass is 10.0. The largest absolute Gasteiger partial charge is 0.481 e. The first kappa shape index (κ1) is 16.7. The molecular formula is C18H16N2O5. The highest BCUT2D eigenvalue weighted by Crippen LogP contribution is 2.29. The minimum Gasteiger partial charge on any atom is -0.481 e. The van der Waals surface area contributed by atoms with Crippen molar-refractivity contribution in [2.45, 2.75) is 38.3 Å². The Balaban J connectivity index is 1.81. The molecule has 0 spiro atoms. The third-order valence-corrected chi connectivity index (χ3v) is 4.27. The van der Waals surface area contributed by atoms with Gasteiger partial charge in [-0.1, -0.05) is 17.9 Å². The van der Waals surface area contributed by atoms with E-state index in [2.05, 4.69) is 17.2 Å². The van der Waals surface area contributed by atoms with Gasteiger partial charge in [0.05, 0.1) is 6.42 Å². The third kappa shape index (κ3) is 3.38. The van der Waals surface area contributed by atoms with Gasteiger partial charge in [-0.05, 0) is 24.1 Å². The highest BCUT2D eigenvalue weighted by Gasteiger charge is 2.39. The maximum Gasteiger partial charge on any atom is 0.304 e. The van der Waals surface area contributed by atoms with E-state index in [0.29, 0.717) is 17.5 Å². The molecule has 7 heteroatoms. The summed E-state index contributed by atoms with van der Waals surface area (Å²) in [5, 5.41) is 10.9. The zero-order valence-electron chi connectivity index (χ0n) is 13.4. The number of carboxylic acids is 1. The quantitative estimate of drug-likeness (QED) is 0.621. The number of carbonyl (C=O) groups excluding carboxylic acids is 3. The highest BCUT2D eigenvalue weighted by molar-refractivity contribution is 6.05. The number of carboxylic acid groups (broad SMARTS) is 1. The molecule has 25 heavy (non-hydrogen) atoms. The fourth-order valence-corrected chi connectivity index (χ4v) is 3.03. The Hall–Kier alpha value is -3.14. The van der Waals surface area contributed by atoms with Gasteiger partial charge in [-0.3, -0.25) is 24.5 Å². The van der Waals surface area contributed by atoms with Crippen molar-refractivity contribution in [1.29, 1.82) is 0 Å². The van der Waals surface area contributed by atoms with Gasteiger partial charge in [-0.2, -0.15) is 0 Å². The summed E-state index contributed by atoms with van der Waals surface area (Å²) in [5.41, 5.74) is 1.89. The first-order valence-electron chi connectivity index (χ1n) is 7.94. The van der Waals surface area contributed by atoms with E-state index >= 15 is 0 Å². The number of nitrogens with one attached hydrogen (secondary N) is 1. The molecule has 2 heterocycles. The van der Waals surface area contributed by atoms with E-state index in [1.165, 1.54) is 4.90 Å². The minimum atomic E-state index is -0.910. The molecule has 1 atom stereocenters. The second kappa shape index (κ2) is 6.77. The molecule has 7 nitrogen and oxygen atoms in total. The molecule has 3 amide bonds. The molecule has 0 aromatic heterocycles. The first-order valence-corrected chi connectivity index (χ1v) is 7.94. The van der Waals surface area contributed by atoms with E-state index in [1.54, 1.807) is 18.2 Å². The summed E-state index contributed by atoms with van der Waals surface area (Å²) in [5.74, 6) is 3.78. The molecule has 2 aliphatic heterocycles. The van der Waals surface area contributed by atoms with Crippen LogP contribution >= 0.6 is 0 Å². The monoisotopic (exact) mass is 340 g/mol. The van der Waals surface area contributed by atoms with Crippen LogP contribution in [0.5, 0.6) is 0 Å². The molecule has 1 saturated heterocycles. The average Bonchev–Trinajstić information content (AvgIpc) is 2.89. The molecule has 1 aromatic rings. The van der Waals surface area contributed by atoms with E-state index < -0.39 is 17.9 Å². The molecule has 0 bridgehead atoms. The summed E-state index contributed by atoms with van der Waals surface area (Å²) in [7, 11) is 0. The summed E-state index contributed by atoms with van der Waals surface area (Å²) < 4.78 is 0. The lowest BCUT2D eigenvalue weighted by Crippen LogP contribution is -2.52.